The number of benzene rings is 1. The Labute approximate surface area is 106 Å². The number of aryl methyl sites for hydroxylation is 1. The van der Waals surface area contributed by atoms with E-state index in [2.05, 4.69) is 19.1 Å². The van der Waals surface area contributed by atoms with Crippen molar-refractivity contribution in [2.45, 2.75) is 44.2 Å². The Balaban J connectivity index is 1.45. The quantitative estimate of drug-likeness (QED) is 0.758. The molecule has 96 valence electrons. The minimum atomic E-state index is -0.247. The molecule has 5 unspecified atom stereocenters. The first-order valence-corrected chi connectivity index (χ1v) is 6.41. The Kier molecular flexibility index (Phi) is 2.45. The average Bonchev–Trinajstić information content (AvgIpc) is 3.06. The van der Waals surface area contributed by atoms with Crippen LogP contribution in [0.3, 0.4) is 0 Å². The number of ether oxygens (including phenoxy) is 4. The van der Waals surface area contributed by atoms with Crippen molar-refractivity contribution in [3.05, 3.63) is 35.4 Å². The number of hydrogen-bond donors (Lipinski definition) is 0. The van der Waals surface area contributed by atoms with E-state index in [1.54, 1.807) is 0 Å². The van der Waals surface area contributed by atoms with Crippen molar-refractivity contribution >= 4 is 0 Å². The summed E-state index contributed by atoms with van der Waals surface area (Å²) in [7, 11) is 0. The van der Waals surface area contributed by atoms with E-state index < -0.39 is 0 Å². The van der Waals surface area contributed by atoms with Crippen molar-refractivity contribution in [3.8, 4) is 0 Å². The van der Waals surface area contributed by atoms with E-state index in [0.29, 0.717) is 13.2 Å². The van der Waals surface area contributed by atoms with Gasteiger partial charge in [0.05, 0.1) is 13.2 Å². The highest BCUT2D eigenvalue weighted by Gasteiger charge is 2.61. The lowest BCUT2D eigenvalue weighted by Crippen LogP contribution is -2.41. The van der Waals surface area contributed by atoms with Crippen LogP contribution in [0.25, 0.3) is 0 Å². The molecule has 0 saturated carbocycles. The van der Waals surface area contributed by atoms with Gasteiger partial charge >= 0.3 is 0 Å². The second-order valence-electron chi connectivity index (χ2n) is 5.14. The standard InChI is InChI=1S/C14H16O4/c1-8-4-2-3-5-9(8)6-15-13-12-11(18-12)10-7-16-14(13)17-10/h2-5,10-14H,6-7H2,1H3. The first-order valence-electron chi connectivity index (χ1n) is 6.41. The predicted octanol–water partition coefficient (Wildman–Crippen LogP) is 1.40. The van der Waals surface area contributed by atoms with Crippen molar-refractivity contribution in [3.63, 3.8) is 0 Å². The molecule has 0 radical (unpaired) electrons. The maximum absolute atomic E-state index is 5.96. The third-order valence-corrected chi connectivity index (χ3v) is 3.95. The summed E-state index contributed by atoms with van der Waals surface area (Å²) in [6, 6.07) is 8.24. The third-order valence-electron chi connectivity index (χ3n) is 3.95. The highest BCUT2D eigenvalue weighted by atomic mass is 16.8. The summed E-state index contributed by atoms with van der Waals surface area (Å²) < 4.78 is 22.9. The minimum Gasteiger partial charge on any atom is -0.365 e. The van der Waals surface area contributed by atoms with Gasteiger partial charge in [0.25, 0.3) is 0 Å². The van der Waals surface area contributed by atoms with Crippen molar-refractivity contribution in [2.24, 2.45) is 0 Å². The van der Waals surface area contributed by atoms with Crippen LogP contribution in [0, 0.1) is 6.92 Å². The SMILES string of the molecule is Cc1ccccc1COC1C2OCC(O2)C2OC21. The highest BCUT2D eigenvalue weighted by molar-refractivity contribution is 5.24. The topological polar surface area (TPSA) is 40.2 Å². The zero-order valence-corrected chi connectivity index (χ0v) is 10.2. The van der Waals surface area contributed by atoms with Crippen LogP contribution in [0.4, 0.5) is 0 Å². The molecule has 3 aliphatic rings. The molecule has 4 rings (SSSR count). The second-order valence-corrected chi connectivity index (χ2v) is 5.14. The van der Waals surface area contributed by atoms with Crippen LogP contribution in [0.5, 0.6) is 0 Å². The van der Waals surface area contributed by atoms with E-state index in [1.807, 2.05) is 12.1 Å². The zero-order chi connectivity index (χ0) is 12.1. The van der Waals surface area contributed by atoms with E-state index in [0.717, 1.165) is 0 Å². The predicted molar refractivity (Wildman–Crippen MR) is 63.0 cm³/mol. The van der Waals surface area contributed by atoms with Crippen LogP contribution in [0.2, 0.25) is 0 Å². The summed E-state index contributed by atoms with van der Waals surface area (Å²) in [5, 5.41) is 0. The second kappa shape index (κ2) is 4.03. The first kappa shape index (κ1) is 10.9. The van der Waals surface area contributed by atoms with Crippen molar-refractivity contribution < 1.29 is 18.9 Å². The van der Waals surface area contributed by atoms with E-state index in [4.69, 9.17) is 18.9 Å². The normalized spacial score (nSPS) is 40.6. The van der Waals surface area contributed by atoms with Gasteiger partial charge in [-0.3, -0.25) is 0 Å². The maximum Gasteiger partial charge on any atom is 0.187 e. The maximum atomic E-state index is 5.96. The van der Waals surface area contributed by atoms with Crippen LogP contribution >= 0.6 is 0 Å². The lowest BCUT2D eigenvalue weighted by atomic mass is 10.1. The molecule has 0 aromatic heterocycles. The molecule has 4 nitrogen and oxygen atoms in total. The Hall–Kier alpha value is -0.940. The monoisotopic (exact) mass is 248 g/mol. The number of fused-ring (bicyclic) bond motifs is 4. The summed E-state index contributed by atoms with van der Waals surface area (Å²) in [5.41, 5.74) is 2.45. The Bertz CT molecular complexity index is 461. The van der Waals surface area contributed by atoms with Crippen LogP contribution in [0.1, 0.15) is 11.1 Å². The van der Waals surface area contributed by atoms with Gasteiger partial charge in [-0.15, -0.1) is 0 Å². The average molecular weight is 248 g/mol. The molecule has 3 fully saturated rings. The Morgan fingerprint density at radius 1 is 1.22 bits per heavy atom. The van der Waals surface area contributed by atoms with Gasteiger partial charge in [-0.05, 0) is 18.1 Å². The van der Waals surface area contributed by atoms with E-state index in [9.17, 15) is 0 Å². The van der Waals surface area contributed by atoms with Crippen LogP contribution in [0.15, 0.2) is 24.3 Å². The fourth-order valence-corrected chi connectivity index (χ4v) is 2.77. The molecule has 1 aromatic carbocycles. The van der Waals surface area contributed by atoms with Crippen LogP contribution < -0.4 is 0 Å². The van der Waals surface area contributed by atoms with Gasteiger partial charge in [0, 0.05) is 0 Å². The molecule has 4 heteroatoms. The zero-order valence-electron chi connectivity index (χ0n) is 10.2. The van der Waals surface area contributed by atoms with Gasteiger partial charge in [-0.1, -0.05) is 24.3 Å². The molecule has 0 spiro atoms. The first-order chi connectivity index (χ1) is 8.83. The van der Waals surface area contributed by atoms with Crippen molar-refractivity contribution in [1.29, 1.82) is 0 Å². The molecule has 0 aliphatic carbocycles. The summed E-state index contributed by atoms with van der Waals surface area (Å²) in [4.78, 5) is 0. The van der Waals surface area contributed by atoms with Gasteiger partial charge in [0.15, 0.2) is 6.29 Å². The molecule has 3 heterocycles. The lowest BCUT2D eigenvalue weighted by molar-refractivity contribution is -0.168. The molecule has 18 heavy (non-hydrogen) atoms. The summed E-state index contributed by atoms with van der Waals surface area (Å²) in [6.07, 6.45) is 0.139. The third kappa shape index (κ3) is 1.68. The van der Waals surface area contributed by atoms with Crippen LogP contribution in [-0.4, -0.2) is 37.3 Å². The van der Waals surface area contributed by atoms with Gasteiger partial charge in [0.1, 0.15) is 24.4 Å². The van der Waals surface area contributed by atoms with Crippen molar-refractivity contribution in [2.75, 3.05) is 6.61 Å². The lowest BCUT2D eigenvalue weighted by Gasteiger charge is -2.24. The summed E-state index contributed by atoms with van der Waals surface area (Å²) >= 11 is 0. The smallest absolute Gasteiger partial charge is 0.187 e. The molecule has 1 aromatic rings. The van der Waals surface area contributed by atoms with E-state index >= 15 is 0 Å². The number of epoxide rings is 1. The van der Waals surface area contributed by atoms with E-state index in [-0.39, 0.29) is 30.7 Å². The summed E-state index contributed by atoms with van der Waals surface area (Å²) in [5.74, 6) is 0. The summed E-state index contributed by atoms with van der Waals surface area (Å²) in [6.45, 7) is 3.31. The van der Waals surface area contributed by atoms with E-state index in [1.165, 1.54) is 11.1 Å². The fourth-order valence-electron chi connectivity index (χ4n) is 2.77. The van der Waals surface area contributed by atoms with Crippen molar-refractivity contribution in [1.82, 2.24) is 0 Å². The molecule has 2 bridgehead atoms. The van der Waals surface area contributed by atoms with Gasteiger partial charge in [0.2, 0.25) is 0 Å². The highest BCUT2D eigenvalue weighted by Crippen LogP contribution is 2.43. The Morgan fingerprint density at radius 2 is 2.11 bits per heavy atom. The number of hydrogen-bond acceptors (Lipinski definition) is 4. The molecule has 3 saturated heterocycles. The molecule has 5 atom stereocenters. The van der Waals surface area contributed by atoms with Gasteiger partial charge in [-0.2, -0.15) is 0 Å². The van der Waals surface area contributed by atoms with Gasteiger partial charge in [-0.25, -0.2) is 0 Å². The molecule has 0 amide bonds. The molecule has 3 aliphatic heterocycles. The van der Waals surface area contributed by atoms with Crippen LogP contribution in [-0.2, 0) is 25.6 Å². The molecular formula is C14H16O4. The Morgan fingerprint density at radius 3 is 3.00 bits per heavy atom. The fraction of sp³-hybridized carbons (Fsp3) is 0.571. The van der Waals surface area contributed by atoms with Gasteiger partial charge < -0.3 is 18.9 Å². The largest absolute Gasteiger partial charge is 0.365 e. The molecule has 0 N–H and O–H groups in total. The number of rotatable bonds is 3. The molecular weight excluding hydrogens is 232 g/mol. The minimum absolute atomic E-state index is 0.0895.